The van der Waals surface area contributed by atoms with Gasteiger partial charge < -0.3 is 19.6 Å². The van der Waals surface area contributed by atoms with Crippen molar-refractivity contribution < 1.29 is 14.3 Å². The number of aliphatic hydroxyl groups excluding tert-OH is 1. The predicted octanol–water partition coefficient (Wildman–Crippen LogP) is 1.25. The maximum absolute atomic E-state index is 9.09. The molecule has 1 heterocycles. The van der Waals surface area contributed by atoms with Crippen LogP contribution in [0, 0.1) is 6.92 Å². The monoisotopic (exact) mass is 213 g/mol. The van der Waals surface area contributed by atoms with Crippen molar-refractivity contribution in [3.05, 3.63) is 23.7 Å². The molecule has 0 radical (unpaired) electrons. The molecular formula is C11H19NO3. The molecule has 0 spiro atoms. The Labute approximate surface area is 90.2 Å². The number of hydrogen-bond acceptors (Lipinski definition) is 4. The summed E-state index contributed by atoms with van der Waals surface area (Å²) in [5, 5.41) is 12.3. The van der Waals surface area contributed by atoms with E-state index in [2.05, 4.69) is 5.32 Å². The molecule has 2 N–H and O–H groups in total. The fourth-order valence-corrected chi connectivity index (χ4v) is 1.48. The standard InChI is InChI=1S/C11H19NO3/c1-8-4-5-11(15-8)9(2)12-10(6-13)7-14-3/h4-5,9-10,12-13H,6-7H2,1-3H3. The second-order valence-electron chi connectivity index (χ2n) is 3.67. The molecule has 0 bridgehead atoms. The number of aryl methyl sites for hydroxylation is 1. The predicted molar refractivity (Wildman–Crippen MR) is 57.7 cm³/mol. The molecule has 0 saturated carbocycles. The van der Waals surface area contributed by atoms with Crippen molar-refractivity contribution in [2.24, 2.45) is 0 Å². The average Bonchev–Trinajstić information content (AvgIpc) is 2.64. The van der Waals surface area contributed by atoms with Crippen molar-refractivity contribution in [3.8, 4) is 0 Å². The SMILES string of the molecule is COCC(CO)NC(C)c1ccc(C)o1. The van der Waals surface area contributed by atoms with Crippen LogP contribution in [0.3, 0.4) is 0 Å². The molecule has 1 aromatic rings. The van der Waals surface area contributed by atoms with E-state index in [-0.39, 0.29) is 18.7 Å². The molecule has 0 aliphatic heterocycles. The molecule has 4 heteroatoms. The van der Waals surface area contributed by atoms with Crippen LogP contribution in [0.4, 0.5) is 0 Å². The molecule has 0 aromatic carbocycles. The summed E-state index contributed by atoms with van der Waals surface area (Å²) in [7, 11) is 1.62. The summed E-state index contributed by atoms with van der Waals surface area (Å²) in [6.45, 7) is 4.45. The summed E-state index contributed by atoms with van der Waals surface area (Å²) in [6.07, 6.45) is 0. The molecule has 0 fully saturated rings. The Kier molecular flexibility index (Phi) is 4.81. The van der Waals surface area contributed by atoms with Crippen LogP contribution in [0.5, 0.6) is 0 Å². The maximum Gasteiger partial charge on any atom is 0.120 e. The van der Waals surface area contributed by atoms with Crippen LogP contribution in [0.25, 0.3) is 0 Å². The fourth-order valence-electron chi connectivity index (χ4n) is 1.48. The minimum Gasteiger partial charge on any atom is -0.465 e. The lowest BCUT2D eigenvalue weighted by Gasteiger charge is -2.19. The van der Waals surface area contributed by atoms with Gasteiger partial charge in [0.15, 0.2) is 0 Å². The van der Waals surface area contributed by atoms with E-state index in [1.54, 1.807) is 7.11 Å². The fraction of sp³-hybridized carbons (Fsp3) is 0.636. The number of ether oxygens (including phenoxy) is 1. The third-order valence-electron chi connectivity index (χ3n) is 2.26. The summed E-state index contributed by atoms with van der Waals surface area (Å²) in [6, 6.07) is 3.88. The molecule has 0 saturated heterocycles. The van der Waals surface area contributed by atoms with Crippen molar-refractivity contribution in [1.82, 2.24) is 5.32 Å². The van der Waals surface area contributed by atoms with Gasteiger partial charge in [-0.15, -0.1) is 0 Å². The van der Waals surface area contributed by atoms with Crippen LogP contribution in [0.2, 0.25) is 0 Å². The van der Waals surface area contributed by atoms with Crippen molar-refractivity contribution in [2.75, 3.05) is 20.3 Å². The lowest BCUT2D eigenvalue weighted by atomic mass is 10.2. The zero-order chi connectivity index (χ0) is 11.3. The quantitative estimate of drug-likeness (QED) is 0.746. The molecule has 4 nitrogen and oxygen atoms in total. The second-order valence-corrected chi connectivity index (χ2v) is 3.67. The van der Waals surface area contributed by atoms with Gasteiger partial charge in [0.2, 0.25) is 0 Å². The summed E-state index contributed by atoms with van der Waals surface area (Å²) in [5.74, 6) is 1.77. The Hall–Kier alpha value is -0.840. The first-order chi connectivity index (χ1) is 7.17. The Balaban J connectivity index is 2.50. The summed E-state index contributed by atoms with van der Waals surface area (Å²) in [4.78, 5) is 0. The Morgan fingerprint density at radius 1 is 1.53 bits per heavy atom. The summed E-state index contributed by atoms with van der Waals surface area (Å²) in [5.41, 5.74) is 0. The van der Waals surface area contributed by atoms with Gasteiger partial charge in [0, 0.05) is 7.11 Å². The highest BCUT2D eigenvalue weighted by Crippen LogP contribution is 2.15. The topological polar surface area (TPSA) is 54.6 Å². The highest BCUT2D eigenvalue weighted by Gasteiger charge is 2.14. The van der Waals surface area contributed by atoms with E-state index in [0.29, 0.717) is 6.61 Å². The number of hydrogen-bond donors (Lipinski definition) is 2. The zero-order valence-electron chi connectivity index (χ0n) is 9.49. The smallest absolute Gasteiger partial charge is 0.120 e. The van der Waals surface area contributed by atoms with Crippen LogP contribution in [0.1, 0.15) is 24.5 Å². The highest BCUT2D eigenvalue weighted by atomic mass is 16.5. The van der Waals surface area contributed by atoms with E-state index >= 15 is 0 Å². The van der Waals surface area contributed by atoms with Gasteiger partial charge in [-0.2, -0.15) is 0 Å². The van der Waals surface area contributed by atoms with Crippen molar-refractivity contribution in [2.45, 2.75) is 25.9 Å². The second kappa shape index (κ2) is 5.90. The average molecular weight is 213 g/mol. The molecule has 86 valence electrons. The van der Waals surface area contributed by atoms with E-state index in [0.717, 1.165) is 11.5 Å². The molecule has 0 aliphatic rings. The van der Waals surface area contributed by atoms with Crippen LogP contribution in [-0.2, 0) is 4.74 Å². The number of furan rings is 1. The third kappa shape index (κ3) is 3.66. The molecular weight excluding hydrogens is 194 g/mol. The molecule has 0 aliphatic carbocycles. The molecule has 0 amide bonds. The zero-order valence-corrected chi connectivity index (χ0v) is 9.49. The Morgan fingerprint density at radius 2 is 2.27 bits per heavy atom. The first-order valence-corrected chi connectivity index (χ1v) is 5.09. The number of nitrogens with one attached hydrogen (secondary N) is 1. The maximum atomic E-state index is 9.09. The first-order valence-electron chi connectivity index (χ1n) is 5.09. The van der Waals surface area contributed by atoms with Gasteiger partial charge in [-0.1, -0.05) is 0 Å². The Morgan fingerprint density at radius 3 is 2.73 bits per heavy atom. The number of aliphatic hydroxyl groups is 1. The van der Waals surface area contributed by atoms with Crippen molar-refractivity contribution in [1.29, 1.82) is 0 Å². The molecule has 2 unspecified atom stereocenters. The highest BCUT2D eigenvalue weighted by molar-refractivity contribution is 5.09. The lowest BCUT2D eigenvalue weighted by Crippen LogP contribution is -2.37. The van der Waals surface area contributed by atoms with Gasteiger partial charge in [0.1, 0.15) is 11.5 Å². The van der Waals surface area contributed by atoms with Crippen LogP contribution in [-0.4, -0.2) is 31.5 Å². The summed E-state index contributed by atoms with van der Waals surface area (Å²) >= 11 is 0. The van der Waals surface area contributed by atoms with Crippen molar-refractivity contribution in [3.63, 3.8) is 0 Å². The minimum atomic E-state index is -0.0598. The third-order valence-corrected chi connectivity index (χ3v) is 2.26. The molecule has 2 atom stereocenters. The van der Waals surface area contributed by atoms with Crippen molar-refractivity contribution >= 4 is 0 Å². The van der Waals surface area contributed by atoms with Gasteiger partial charge in [0.05, 0.1) is 25.3 Å². The number of methoxy groups -OCH3 is 1. The number of rotatable bonds is 6. The van der Waals surface area contributed by atoms with E-state index in [4.69, 9.17) is 14.3 Å². The van der Waals surface area contributed by atoms with E-state index in [9.17, 15) is 0 Å². The minimum absolute atomic E-state index is 0.0534. The largest absolute Gasteiger partial charge is 0.465 e. The van der Waals surface area contributed by atoms with E-state index in [1.165, 1.54) is 0 Å². The van der Waals surface area contributed by atoms with Gasteiger partial charge in [-0.3, -0.25) is 0 Å². The van der Waals surface area contributed by atoms with Crippen LogP contribution < -0.4 is 5.32 Å². The van der Waals surface area contributed by atoms with Gasteiger partial charge in [0.25, 0.3) is 0 Å². The van der Waals surface area contributed by atoms with Crippen LogP contribution in [0.15, 0.2) is 16.5 Å². The molecule has 1 aromatic heterocycles. The lowest BCUT2D eigenvalue weighted by molar-refractivity contribution is 0.121. The van der Waals surface area contributed by atoms with E-state index < -0.39 is 0 Å². The Bertz CT molecular complexity index is 285. The van der Waals surface area contributed by atoms with Gasteiger partial charge in [-0.05, 0) is 26.0 Å². The van der Waals surface area contributed by atoms with E-state index in [1.807, 2.05) is 26.0 Å². The van der Waals surface area contributed by atoms with Crippen LogP contribution >= 0.6 is 0 Å². The molecule has 1 rings (SSSR count). The summed E-state index contributed by atoms with van der Waals surface area (Å²) < 4.78 is 10.5. The van der Waals surface area contributed by atoms with Gasteiger partial charge in [-0.25, -0.2) is 0 Å². The van der Waals surface area contributed by atoms with Gasteiger partial charge >= 0.3 is 0 Å². The molecule has 15 heavy (non-hydrogen) atoms. The normalized spacial score (nSPS) is 15.2. The first kappa shape index (κ1) is 12.2.